The lowest BCUT2D eigenvalue weighted by Crippen LogP contribution is -2.51. The molecule has 1 N–H and O–H groups in total. The molecule has 0 aromatic rings. The number of hydrogen-bond acceptors (Lipinski definition) is 4. The Balaban J connectivity index is 1.44. The second kappa shape index (κ2) is 6.27. The predicted octanol–water partition coefficient (Wildman–Crippen LogP) is 0.936. The Morgan fingerprint density at radius 3 is 2.44 bits per heavy atom. The first-order valence-corrected chi connectivity index (χ1v) is 9.66. The lowest BCUT2D eigenvalue weighted by molar-refractivity contribution is -0.140. The fraction of sp³-hybridized carbons (Fsp3) is 0.833. The van der Waals surface area contributed by atoms with E-state index in [2.05, 4.69) is 17.3 Å². The minimum absolute atomic E-state index is 0.0821. The maximum atomic E-state index is 12.9. The van der Waals surface area contributed by atoms with Crippen LogP contribution < -0.4 is 5.32 Å². The summed E-state index contributed by atoms with van der Waals surface area (Å²) >= 11 is 0. The van der Waals surface area contributed by atoms with Crippen molar-refractivity contribution < 1.29 is 14.4 Å². The molecule has 4 amide bonds. The van der Waals surface area contributed by atoms with Crippen LogP contribution in [-0.2, 0) is 9.59 Å². The van der Waals surface area contributed by atoms with Crippen molar-refractivity contribution in [3.05, 3.63) is 0 Å². The van der Waals surface area contributed by atoms with Gasteiger partial charge in [-0.15, -0.1) is 0 Å². The lowest BCUT2D eigenvalue weighted by atomic mass is 9.98. The van der Waals surface area contributed by atoms with Crippen LogP contribution in [0.5, 0.6) is 0 Å². The standard InChI is InChI=1S/C18H28N4O3/c1-20-10-4-6-13(20)14-7-5-11-21(14)15(23)12-22-16(24)18(19-17(22)25)8-2-3-9-18/h13-14H,2-12H2,1H3,(H,19,25). The molecule has 0 radical (unpaired) electrons. The summed E-state index contributed by atoms with van der Waals surface area (Å²) in [6.07, 6.45) is 7.62. The number of nitrogens with zero attached hydrogens (tertiary/aromatic N) is 3. The SMILES string of the molecule is CN1CCCC1C1CCCN1C(=O)CN1C(=O)NC2(CCCC2)C1=O. The van der Waals surface area contributed by atoms with E-state index in [1.807, 2.05) is 4.90 Å². The third-order valence-corrected chi connectivity index (χ3v) is 6.64. The average Bonchev–Trinajstić information content (AvgIpc) is 3.33. The molecule has 25 heavy (non-hydrogen) atoms. The van der Waals surface area contributed by atoms with Crippen molar-refractivity contribution in [2.24, 2.45) is 0 Å². The van der Waals surface area contributed by atoms with E-state index in [0.717, 1.165) is 50.1 Å². The molecule has 4 fully saturated rings. The van der Waals surface area contributed by atoms with E-state index in [1.165, 1.54) is 6.42 Å². The Morgan fingerprint density at radius 1 is 1.08 bits per heavy atom. The summed E-state index contributed by atoms with van der Waals surface area (Å²) < 4.78 is 0. The number of likely N-dealkylation sites (tertiary alicyclic amines) is 2. The van der Waals surface area contributed by atoms with Gasteiger partial charge in [0.1, 0.15) is 12.1 Å². The van der Waals surface area contributed by atoms with Crippen LogP contribution in [0.25, 0.3) is 0 Å². The van der Waals surface area contributed by atoms with E-state index in [1.54, 1.807) is 0 Å². The van der Waals surface area contributed by atoms with Crippen LogP contribution in [0.15, 0.2) is 0 Å². The Labute approximate surface area is 148 Å². The second-order valence-corrected chi connectivity index (χ2v) is 8.10. The number of rotatable bonds is 3. The molecular weight excluding hydrogens is 320 g/mol. The monoisotopic (exact) mass is 348 g/mol. The summed E-state index contributed by atoms with van der Waals surface area (Å²) in [5.41, 5.74) is -0.729. The summed E-state index contributed by atoms with van der Waals surface area (Å²) in [6, 6.07) is 0.242. The highest BCUT2D eigenvalue weighted by atomic mass is 16.2. The zero-order valence-corrected chi connectivity index (χ0v) is 15.0. The Bertz CT molecular complexity index is 587. The van der Waals surface area contributed by atoms with Gasteiger partial charge in [0.25, 0.3) is 5.91 Å². The van der Waals surface area contributed by atoms with Crippen LogP contribution in [0, 0.1) is 0 Å². The van der Waals surface area contributed by atoms with Gasteiger partial charge in [-0.2, -0.15) is 0 Å². The number of urea groups is 1. The molecule has 1 aliphatic carbocycles. The van der Waals surface area contributed by atoms with Crippen molar-refractivity contribution in [1.29, 1.82) is 0 Å². The molecule has 2 atom stereocenters. The van der Waals surface area contributed by atoms with Gasteiger partial charge in [0.05, 0.1) is 0 Å². The second-order valence-electron chi connectivity index (χ2n) is 8.10. The molecule has 3 saturated heterocycles. The average molecular weight is 348 g/mol. The molecule has 1 saturated carbocycles. The van der Waals surface area contributed by atoms with E-state index >= 15 is 0 Å². The maximum Gasteiger partial charge on any atom is 0.325 e. The Hall–Kier alpha value is -1.63. The molecule has 2 unspecified atom stereocenters. The highest BCUT2D eigenvalue weighted by Gasteiger charge is 2.53. The molecule has 3 heterocycles. The molecule has 0 aromatic heterocycles. The molecule has 7 nitrogen and oxygen atoms in total. The molecule has 0 aromatic carbocycles. The van der Waals surface area contributed by atoms with Crippen LogP contribution >= 0.6 is 0 Å². The fourth-order valence-corrected chi connectivity index (χ4v) is 5.29. The van der Waals surface area contributed by atoms with E-state index in [4.69, 9.17) is 0 Å². The Morgan fingerprint density at radius 2 is 1.76 bits per heavy atom. The zero-order chi connectivity index (χ0) is 17.6. The van der Waals surface area contributed by atoms with E-state index < -0.39 is 11.6 Å². The first-order valence-electron chi connectivity index (χ1n) is 9.66. The smallest absolute Gasteiger partial charge is 0.325 e. The van der Waals surface area contributed by atoms with Crippen LogP contribution in [0.1, 0.15) is 51.4 Å². The zero-order valence-electron chi connectivity index (χ0n) is 15.0. The number of likely N-dealkylation sites (N-methyl/N-ethyl adjacent to an activating group) is 1. The molecular formula is C18H28N4O3. The van der Waals surface area contributed by atoms with Crippen LogP contribution in [0.2, 0.25) is 0 Å². The molecule has 138 valence electrons. The fourth-order valence-electron chi connectivity index (χ4n) is 5.29. The summed E-state index contributed by atoms with van der Waals surface area (Å²) in [6.45, 7) is 1.71. The molecule has 3 aliphatic heterocycles. The summed E-state index contributed by atoms with van der Waals surface area (Å²) in [5, 5.41) is 2.86. The van der Waals surface area contributed by atoms with Crippen LogP contribution in [-0.4, -0.2) is 76.8 Å². The number of amides is 4. The normalized spacial score (nSPS) is 32.2. The van der Waals surface area contributed by atoms with Crippen molar-refractivity contribution in [1.82, 2.24) is 20.0 Å². The van der Waals surface area contributed by atoms with Crippen molar-refractivity contribution in [2.75, 3.05) is 26.7 Å². The Kier molecular flexibility index (Phi) is 4.22. The highest BCUT2D eigenvalue weighted by molar-refractivity contribution is 6.09. The van der Waals surface area contributed by atoms with Crippen molar-refractivity contribution in [2.45, 2.75) is 69.0 Å². The molecule has 7 heteroatoms. The third kappa shape index (κ3) is 2.72. The van der Waals surface area contributed by atoms with Gasteiger partial charge in [-0.05, 0) is 52.1 Å². The van der Waals surface area contributed by atoms with Gasteiger partial charge in [-0.25, -0.2) is 4.79 Å². The number of hydrogen-bond donors (Lipinski definition) is 1. The minimum Gasteiger partial charge on any atom is -0.337 e. The molecule has 4 aliphatic rings. The lowest BCUT2D eigenvalue weighted by Gasteiger charge is -2.33. The predicted molar refractivity (Wildman–Crippen MR) is 91.8 cm³/mol. The van der Waals surface area contributed by atoms with Gasteiger partial charge >= 0.3 is 6.03 Å². The van der Waals surface area contributed by atoms with Gasteiger partial charge in [-0.1, -0.05) is 12.8 Å². The van der Waals surface area contributed by atoms with Gasteiger partial charge in [0.15, 0.2) is 0 Å². The van der Waals surface area contributed by atoms with Gasteiger partial charge in [-0.3, -0.25) is 14.5 Å². The topological polar surface area (TPSA) is 73.0 Å². The van der Waals surface area contributed by atoms with Crippen LogP contribution in [0.4, 0.5) is 4.79 Å². The van der Waals surface area contributed by atoms with Crippen LogP contribution in [0.3, 0.4) is 0 Å². The largest absolute Gasteiger partial charge is 0.337 e. The summed E-state index contributed by atoms with van der Waals surface area (Å²) in [4.78, 5) is 43.4. The summed E-state index contributed by atoms with van der Waals surface area (Å²) in [7, 11) is 2.12. The maximum absolute atomic E-state index is 12.9. The van der Waals surface area contributed by atoms with Crippen molar-refractivity contribution >= 4 is 17.8 Å². The first kappa shape index (κ1) is 16.8. The molecule has 4 rings (SSSR count). The van der Waals surface area contributed by atoms with E-state index in [-0.39, 0.29) is 24.4 Å². The van der Waals surface area contributed by atoms with Crippen molar-refractivity contribution in [3.63, 3.8) is 0 Å². The van der Waals surface area contributed by atoms with E-state index in [9.17, 15) is 14.4 Å². The minimum atomic E-state index is -0.729. The van der Waals surface area contributed by atoms with Gasteiger partial charge in [0.2, 0.25) is 5.91 Å². The summed E-state index contributed by atoms with van der Waals surface area (Å²) in [5.74, 6) is -0.279. The highest BCUT2D eigenvalue weighted by Crippen LogP contribution is 2.35. The number of carbonyl (C=O) groups is 3. The number of carbonyl (C=O) groups excluding carboxylic acids is 3. The number of imide groups is 1. The quantitative estimate of drug-likeness (QED) is 0.771. The molecule has 0 bridgehead atoms. The van der Waals surface area contributed by atoms with E-state index in [0.29, 0.717) is 18.9 Å². The number of nitrogens with one attached hydrogen (secondary N) is 1. The third-order valence-electron chi connectivity index (χ3n) is 6.64. The van der Waals surface area contributed by atoms with Gasteiger partial charge in [0, 0.05) is 18.6 Å². The van der Waals surface area contributed by atoms with Gasteiger partial charge < -0.3 is 15.1 Å². The van der Waals surface area contributed by atoms with Crippen molar-refractivity contribution in [3.8, 4) is 0 Å². The molecule has 1 spiro atoms. The first-order chi connectivity index (χ1) is 12.0.